The molecule has 3 heteroatoms. The van der Waals surface area contributed by atoms with Crippen LogP contribution < -0.4 is 5.32 Å². The molecule has 1 unspecified atom stereocenters. The van der Waals surface area contributed by atoms with Crippen molar-refractivity contribution in [3.63, 3.8) is 0 Å². The number of nitrogens with one attached hydrogen (secondary N) is 1. The van der Waals surface area contributed by atoms with Crippen LogP contribution in [0.5, 0.6) is 0 Å². The zero-order valence-corrected chi connectivity index (χ0v) is 12.1. The Kier molecular flexibility index (Phi) is 5.24. The molecule has 0 amide bonds. The van der Waals surface area contributed by atoms with Crippen LogP contribution in [0.15, 0.2) is 42.6 Å². The zero-order chi connectivity index (χ0) is 14.4. The number of pyridine rings is 1. The second-order valence-corrected chi connectivity index (χ2v) is 5.03. The predicted octanol–water partition coefficient (Wildman–Crippen LogP) is 3.81. The van der Waals surface area contributed by atoms with Crippen molar-refractivity contribution in [2.45, 2.75) is 32.7 Å². The quantitative estimate of drug-likeness (QED) is 0.865. The van der Waals surface area contributed by atoms with Crippen molar-refractivity contribution < 1.29 is 4.39 Å². The summed E-state index contributed by atoms with van der Waals surface area (Å²) in [6.45, 7) is 4.86. The van der Waals surface area contributed by atoms with Crippen molar-refractivity contribution in [1.29, 1.82) is 0 Å². The van der Waals surface area contributed by atoms with Gasteiger partial charge in [-0.25, -0.2) is 4.39 Å². The number of hydrogen-bond acceptors (Lipinski definition) is 2. The number of halogens is 1. The standard InChI is InChI=1S/C17H21FN2/c1-3-19-17(8-7-16-6-4-5-9-20-16)14-10-13(2)11-15(18)12-14/h4-6,9-12,17,19H,3,7-8H2,1-2H3. The van der Waals surface area contributed by atoms with E-state index in [0.717, 1.165) is 36.2 Å². The van der Waals surface area contributed by atoms with E-state index in [1.54, 1.807) is 12.1 Å². The largest absolute Gasteiger partial charge is 0.310 e. The average molecular weight is 272 g/mol. The van der Waals surface area contributed by atoms with Gasteiger partial charge in [0.1, 0.15) is 5.82 Å². The zero-order valence-electron chi connectivity index (χ0n) is 12.1. The lowest BCUT2D eigenvalue weighted by atomic mass is 9.99. The highest BCUT2D eigenvalue weighted by atomic mass is 19.1. The molecule has 0 bridgehead atoms. The topological polar surface area (TPSA) is 24.9 Å². The van der Waals surface area contributed by atoms with E-state index in [1.165, 1.54) is 0 Å². The molecule has 0 aliphatic heterocycles. The van der Waals surface area contributed by atoms with Crippen LogP contribution in [0, 0.1) is 12.7 Å². The Morgan fingerprint density at radius 1 is 1.25 bits per heavy atom. The lowest BCUT2D eigenvalue weighted by Gasteiger charge is -2.19. The van der Waals surface area contributed by atoms with Gasteiger partial charge < -0.3 is 5.32 Å². The van der Waals surface area contributed by atoms with Gasteiger partial charge in [0.25, 0.3) is 0 Å². The van der Waals surface area contributed by atoms with Crippen LogP contribution in [-0.2, 0) is 6.42 Å². The highest BCUT2D eigenvalue weighted by molar-refractivity contribution is 5.26. The molecular weight excluding hydrogens is 251 g/mol. The minimum atomic E-state index is -0.166. The summed E-state index contributed by atoms with van der Waals surface area (Å²) in [6, 6.07) is 11.3. The highest BCUT2D eigenvalue weighted by Crippen LogP contribution is 2.21. The molecule has 1 aromatic heterocycles. The molecule has 0 radical (unpaired) electrons. The van der Waals surface area contributed by atoms with Crippen molar-refractivity contribution >= 4 is 0 Å². The van der Waals surface area contributed by atoms with Crippen LogP contribution in [0.3, 0.4) is 0 Å². The Balaban J connectivity index is 2.10. The molecule has 1 heterocycles. The monoisotopic (exact) mass is 272 g/mol. The molecule has 2 rings (SSSR count). The van der Waals surface area contributed by atoms with Gasteiger partial charge in [0, 0.05) is 17.9 Å². The Labute approximate surface area is 120 Å². The molecule has 0 aliphatic carbocycles. The van der Waals surface area contributed by atoms with Crippen LogP contribution in [0.25, 0.3) is 0 Å². The SMILES string of the molecule is CCNC(CCc1ccccn1)c1cc(C)cc(F)c1. The third kappa shape index (κ3) is 4.14. The summed E-state index contributed by atoms with van der Waals surface area (Å²) in [5.74, 6) is -0.166. The normalized spacial score (nSPS) is 12.3. The van der Waals surface area contributed by atoms with E-state index in [0.29, 0.717) is 0 Å². The smallest absolute Gasteiger partial charge is 0.123 e. The lowest BCUT2D eigenvalue weighted by molar-refractivity contribution is 0.508. The number of aromatic nitrogens is 1. The third-order valence-corrected chi connectivity index (χ3v) is 3.33. The van der Waals surface area contributed by atoms with E-state index in [2.05, 4.69) is 23.3 Å². The molecule has 1 atom stereocenters. The molecular formula is C17H21FN2. The van der Waals surface area contributed by atoms with Gasteiger partial charge in [-0.05, 0) is 61.7 Å². The Morgan fingerprint density at radius 3 is 2.75 bits per heavy atom. The fourth-order valence-electron chi connectivity index (χ4n) is 2.44. The van der Waals surface area contributed by atoms with Gasteiger partial charge in [-0.3, -0.25) is 4.98 Å². The maximum Gasteiger partial charge on any atom is 0.123 e. The number of hydrogen-bond donors (Lipinski definition) is 1. The van der Waals surface area contributed by atoms with Gasteiger partial charge in [-0.15, -0.1) is 0 Å². The Bertz CT molecular complexity index is 520. The molecule has 0 fully saturated rings. The van der Waals surface area contributed by atoms with Crippen LogP contribution in [-0.4, -0.2) is 11.5 Å². The van der Waals surface area contributed by atoms with Gasteiger partial charge in [0.2, 0.25) is 0 Å². The lowest BCUT2D eigenvalue weighted by Crippen LogP contribution is -2.22. The first kappa shape index (κ1) is 14.7. The number of aryl methyl sites for hydroxylation is 2. The van der Waals surface area contributed by atoms with Crippen molar-refractivity contribution in [3.8, 4) is 0 Å². The van der Waals surface area contributed by atoms with Crippen molar-refractivity contribution in [1.82, 2.24) is 10.3 Å². The van der Waals surface area contributed by atoms with Crippen molar-refractivity contribution in [3.05, 3.63) is 65.2 Å². The number of rotatable bonds is 6. The molecule has 2 aromatic rings. The minimum absolute atomic E-state index is 0.163. The van der Waals surface area contributed by atoms with Gasteiger partial charge in [0.15, 0.2) is 0 Å². The molecule has 20 heavy (non-hydrogen) atoms. The summed E-state index contributed by atoms with van der Waals surface area (Å²) in [5.41, 5.74) is 3.05. The van der Waals surface area contributed by atoms with Crippen LogP contribution in [0.2, 0.25) is 0 Å². The highest BCUT2D eigenvalue weighted by Gasteiger charge is 2.12. The number of nitrogens with zero attached hydrogens (tertiary/aromatic N) is 1. The fraction of sp³-hybridized carbons (Fsp3) is 0.353. The first-order valence-electron chi connectivity index (χ1n) is 7.09. The van der Waals surface area contributed by atoms with Crippen molar-refractivity contribution in [2.75, 3.05) is 6.54 Å². The maximum atomic E-state index is 13.6. The summed E-state index contributed by atoms with van der Waals surface area (Å²) < 4.78 is 13.6. The molecule has 0 aliphatic rings. The van der Waals surface area contributed by atoms with E-state index in [4.69, 9.17) is 0 Å². The van der Waals surface area contributed by atoms with Crippen LogP contribution >= 0.6 is 0 Å². The predicted molar refractivity (Wildman–Crippen MR) is 80.1 cm³/mol. The van der Waals surface area contributed by atoms with Gasteiger partial charge in [0.05, 0.1) is 0 Å². The molecule has 2 nitrogen and oxygen atoms in total. The molecule has 0 spiro atoms. The van der Waals surface area contributed by atoms with Crippen LogP contribution in [0.4, 0.5) is 4.39 Å². The maximum absolute atomic E-state index is 13.6. The Hall–Kier alpha value is -1.74. The summed E-state index contributed by atoms with van der Waals surface area (Å²) in [7, 11) is 0. The van der Waals surface area contributed by atoms with Gasteiger partial charge in [-0.1, -0.05) is 19.1 Å². The third-order valence-electron chi connectivity index (χ3n) is 3.33. The first-order valence-corrected chi connectivity index (χ1v) is 7.09. The average Bonchev–Trinajstić information content (AvgIpc) is 2.43. The van der Waals surface area contributed by atoms with E-state index >= 15 is 0 Å². The van der Waals surface area contributed by atoms with Gasteiger partial charge >= 0.3 is 0 Å². The molecule has 0 saturated heterocycles. The fourth-order valence-corrected chi connectivity index (χ4v) is 2.44. The summed E-state index contributed by atoms with van der Waals surface area (Å²) in [4.78, 5) is 4.34. The van der Waals surface area contributed by atoms with Crippen LogP contribution in [0.1, 0.15) is 36.2 Å². The molecule has 1 N–H and O–H groups in total. The summed E-state index contributed by atoms with van der Waals surface area (Å²) in [5, 5.41) is 3.43. The molecule has 1 aromatic carbocycles. The van der Waals surface area contributed by atoms with Gasteiger partial charge in [-0.2, -0.15) is 0 Å². The van der Waals surface area contributed by atoms with E-state index in [-0.39, 0.29) is 11.9 Å². The number of benzene rings is 1. The first-order chi connectivity index (χ1) is 9.69. The summed E-state index contributed by atoms with van der Waals surface area (Å²) in [6.07, 6.45) is 3.60. The molecule has 0 saturated carbocycles. The second kappa shape index (κ2) is 7.15. The van der Waals surface area contributed by atoms with E-state index in [9.17, 15) is 4.39 Å². The minimum Gasteiger partial charge on any atom is -0.310 e. The van der Waals surface area contributed by atoms with E-state index in [1.807, 2.05) is 31.3 Å². The van der Waals surface area contributed by atoms with E-state index < -0.39 is 0 Å². The second-order valence-electron chi connectivity index (χ2n) is 5.03. The Morgan fingerprint density at radius 2 is 2.10 bits per heavy atom. The van der Waals surface area contributed by atoms with Crippen molar-refractivity contribution in [2.24, 2.45) is 0 Å². The molecule has 106 valence electrons. The summed E-state index contributed by atoms with van der Waals surface area (Å²) >= 11 is 0.